The summed E-state index contributed by atoms with van der Waals surface area (Å²) in [5.74, 6) is -0.615. The highest BCUT2D eigenvalue weighted by Crippen LogP contribution is 2.40. The van der Waals surface area contributed by atoms with Crippen molar-refractivity contribution in [2.75, 3.05) is 6.61 Å². The van der Waals surface area contributed by atoms with Gasteiger partial charge in [-0.3, -0.25) is 14.5 Å². The maximum atomic E-state index is 12.9. The number of carbonyl (C=O) groups is 2. The lowest BCUT2D eigenvalue weighted by atomic mass is 10.1. The van der Waals surface area contributed by atoms with E-state index in [1.165, 1.54) is 42.5 Å². The molecule has 1 saturated heterocycles. The zero-order valence-corrected chi connectivity index (χ0v) is 23.0. The SMILES string of the molecule is CCOc1cc(/C=C2\SC(=O)N(Cc3ccc(Cl)cc3)C2=O)cc(Cl)c1OS(=O)(=O)c1ccc(Cl)cc1. The number of hydrogen-bond donors (Lipinski definition) is 0. The quantitative estimate of drug-likeness (QED) is 0.203. The number of thioether (sulfide) groups is 1. The largest absolute Gasteiger partial charge is 0.490 e. The van der Waals surface area contributed by atoms with Gasteiger partial charge in [0.15, 0.2) is 5.75 Å². The predicted octanol–water partition coefficient (Wildman–Crippen LogP) is 7.05. The molecule has 0 N–H and O–H groups in total. The van der Waals surface area contributed by atoms with Crippen molar-refractivity contribution in [2.24, 2.45) is 0 Å². The summed E-state index contributed by atoms with van der Waals surface area (Å²) in [7, 11) is -4.24. The number of ether oxygens (including phenoxy) is 1. The molecule has 0 spiro atoms. The number of halogens is 3. The molecule has 0 aromatic heterocycles. The molecule has 1 heterocycles. The first-order chi connectivity index (χ1) is 17.6. The number of hydrogen-bond acceptors (Lipinski definition) is 7. The standard InChI is InChI=1S/C25H18Cl3NO6S2/c1-2-34-21-12-16(11-20(28)23(21)35-37(32,33)19-9-7-18(27)8-10-19)13-22-24(30)29(25(31)36-22)14-15-3-5-17(26)6-4-15/h3-13H,2,14H2,1H3/b22-13-. The first-order valence-corrected chi connectivity index (χ1v) is 14.1. The van der Waals surface area contributed by atoms with Crippen LogP contribution >= 0.6 is 46.6 Å². The molecule has 12 heteroatoms. The zero-order chi connectivity index (χ0) is 26.7. The van der Waals surface area contributed by atoms with Crippen LogP contribution in [0.25, 0.3) is 6.08 Å². The van der Waals surface area contributed by atoms with E-state index in [2.05, 4.69) is 0 Å². The normalized spacial score (nSPS) is 14.9. The number of benzene rings is 3. The molecule has 4 rings (SSSR count). The Balaban J connectivity index is 1.61. The Morgan fingerprint density at radius 2 is 1.57 bits per heavy atom. The molecule has 0 unspecified atom stereocenters. The summed E-state index contributed by atoms with van der Waals surface area (Å²) in [6.45, 7) is 1.99. The van der Waals surface area contributed by atoms with Gasteiger partial charge in [-0.25, -0.2) is 0 Å². The van der Waals surface area contributed by atoms with Crippen LogP contribution in [0.3, 0.4) is 0 Å². The average molecular weight is 599 g/mol. The molecule has 0 radical (unpaired) electrons. The van der Waals surface area contributed by atoms with E-state index in [-0.39, 0.29) is 39.5 Å². The molecular formula is C25H18Cl3NO6S2. The van der Waals surface area contributed by atoms with Gasteiger partial charge >= 0.3 is 10.1 Å². The van der Waals surface area contributed by atoms with Crippen LogP contribution in [0.2, 0.25) is 15.1 Å². The molecule has 0 saturated carbocycles. The lowest BCUT2D eigenvalue weighted by molar-refractivity contribution is -0.123. The number of carbonyl (C=O) groups excluding carboxylic acids is 2. The van der Waals surface area contributed by atoms with Crippen molar-refractivity contribution >= 4 is 73.9 Å². The van der Waals surface area contributed by atoms with Crippen LogP contribution in [-0.4, -0.2) is 31.1 Å². The van der Waals surface area contributed by atoms with Gasteiger partial charge in [0.25, 0.3) is 11.1 Å². The minimum atomic E-state index is -4.24. The van der Waals surface area contributed by atoms with Crippen molar-refractivity contribution in [1.82, 2.24) is 4.90 Å². The monoisotopic (exact) mass is 597 g/mol. The maximum Gasteiger partial charge on any atom is 0.339 e. The highest BCUT2D eigenvalue weighted by molar-refractivity contribution is 8.18. The first-order valence-electron chi connectivity index (χ1n) is 10.7. The number of nitrogens with zero attached hydrogens (tertiary/aromatic N) is 1. The Morgan fingerprint density at radius 1 is 0.946 bits per heavy atom. The van der Waals surface area contributed by atoms with Crippen molar-refractivity contribution in [3.05, 3.63) is 91.8 Å². The maximum absolute atomic E-state index is 12.9. The van der Waals surface area contributed by atoms with Crippen LogP contribution in [0.4, 0.5) is 4.79 Å². The van der Waals surface area contributed by atoms with Crippen molar-refractivity contribution in [3.8, 4) is 11.5 Å². The lowest BCUT2D eigenvalue weighted by Crippen LogP contribution is -2.27. The minimum Gasteiger partial charge on any atom is -0.490 e. The summed E-state index contributed by atoms with van der Waals surface area (Å²) in [5.41, 5.74) is 1.17. The summed E-state index contributed by atoms with van der Waals surface area (Å²) in [4.78, 5) is 26.6. The van der Waals surface area contributed by atoms with Crippen LogP contribution in [0.15, 0.2) is 70.5 Å². The van der Waals surface area contributed by atoms with Crippen molar-refractivity contribution in [2.45, 2.75) is 18.4 Å². The van der Waals surface area contributed by atoms with E-state index in [9.17, 15) is 18.0 Å². The van der Waals surface area contributed by atoms with Crippen molar-refractivity contribution < 1.29 is 26.9 Å². The van der Waals surface area contributed by atoms with E-state index < -0.39 is 21.3 Å². The van der Waals surface area contributed by atoms with E-state index in [1.807, 2.05) is 0 Å². The van der Waals surface area contributed by atoms with Gasteiger partial charge in [-0.2, -0.15) is 8.42 Å². The Morgan fingerprint density at radius 3 is 2.19 bits per heavy atom. The fourth-order valence-corrected chi connectivity index (χ4v) is 5.68. The molecule has 1 aliphatic rings. The highest BCUT2D eigenvalue weighted by Gasteiger charge is 2.35. The van der Waals surface area contributed by atoms with Gasteiger partial charge in [0.05, 0.1) is 23.1 Å². The molecule has 0 bridgehead atoms. The summed E-state index contributed by atoms with van der Waals surface area (Å²) in [6.07, 6.45) is 1.48. The van der Waals surface area contributed by atoms with Crippen molar-refractivity contribution in [1.29, 1.82) is 0 Å². The molecule has 2 amide bonds. The smallest absolute Gasteiger partial charge is 0.339 e. The van der Waals surface area contributed by atoms with Gasteiger partial charge in [0.2, 0.25) is 5.75 Å². The van der Waals surface area contributed by atoms with Gasteiger partial charge in [-0.05, 0) is 84.4 Å². The summed E-state index contributed by atoms with van der Waals surface area (Å²) in [6, 6.07) is 15.2. The fraction of sp³-hybridized carbons (Fsp3) is 0.120. The fourth-order valence-electron chi connectivity index (χ4n) is 3.33. The molecule has 0 aliphatic carbocycles. The predicted molar refractivity (Wildman–Crippen MR) is 145 cm³/mol. The van der Waals surface area contributed by atoms with Crippen LogP contribution in [0.5, 0.6) is 11.5 Å². The Labute approximate surface area is 233 Å². The number of imide groups is 1. The van der Waals surface area contributed by atoms with Gasteiger partial charge in [0, 0.05) is 10.0 Å². The van der Waals surface area contributed by atoms with E-state index >= 15 is 0 Å². The molecule has 192 valence electrons. The molecule has 7 nitrogen and oxygen atoms in total. The molecule has 0 atom stereocenters. The first kappa shape index (κ1) is 27.3. The van der Waals surface area contributed by atoms with E-state index in [0.717, 1.165) is 22.2 Å². The Kier molecular flexibility index (Phi) is 8.40. The van der Waals surface area contributed by atoms with Gasteiger partial charge in [-0.15, -0.1) is 0 Å². The zero-order valence-electron chi connectivity index (χ0n) is 19.1. The van der Waals surface area contributed by atoms with Crippen LogP contribution in [0.1, 0.15) is 18.1 Å². The second kappa shape index (κ2) is 11.4. The minimum absolute atomic E-state index is 0.0548. The molecular weight excluding hydrogens is 581 g/mol. The average Bonchev–Trinajstić information content (AvgIpc) is 3.10. The topological polar surface area (TPSA) is 90.0 Å². The van der Waals surface area contributed by atoms with Gasteiger partial charge in [-0.1, -0.05) is 46.9 Å². The van der Waals surface area contributed by atoms with Crippen LogP contribution < -0.4 is 8.92 Å². The number of amides is 2. The molecule has 1 aliphatic heterocycles. The third kappa shape index (κ3) is 6.42. The second-order valence-electron chi connectivity index (χ2n) is 7.65. The van der Waals surface area contributed by atoms with E-state index in [1.54, 1.807) is 31.2 Å². The molecule has 1 fully saturated rings. The summed E-state index contributed by atoms with van der Waals surface area (Å²) < 4.78 is 36.4. The van der Waals surface area contributed by atoms with Crippen LogP contribution in [-0.2, 0) is 21.5 Å². The molecule has 37 heavy (non-hydrogen) atoms. The van der Waals surface area contributed by atoms with Gasteiger partial charge < -0.3 is 8.92 Å². The molecule has 3 aromatic rings. The van der Waals surface area contributed by atoms with Crippen molar-refractivity contribution in [3.63, 3.8) is 0 Å². The molecule has 3 aromatic carbocycles. The third-order valence-corrected chi connectivity index (χ3v) is 7.98. The Hall–Kier alpha value is -2.69. The summed E-state index contributed by atoms with van der Waals surface area (Å²) in [5, 5.41) is 0.438. The third-order valence-electron chi connectivity index (χ3n) is 5.05. The lowest BCUT2D eigenvalue weighted by Gasteiger charge is -2.14. The number of rotatable bonds is 8. The Bertz CT molecular complexity index is 1490. The van der Waals surface area contributed by atoms with Crippen LogP contribution in [0, 0.1) is 0 Å². The summed E-state index contributed by atoms with van der Waals surface area (Å²) >= 11 is 18.9. The second-order valence-corrected chi connectivity index (χ2v) is 11.5. The van der Waals surface area contributed by atoms with Gasteiger partial charge in [0.1, 0.15) is 4.90 Å². The highest BCUT2D eigenvalue weighted by atomic mass is 35.5. The van der Waals surface area contributed by atoms with E-state index in [0.29, 0.717) is 15.6 Å². The van der Waals surface area contributed by atoms with E-state index in [4.69, 9.17) is 43.7 Å².